The first-order valence-corrected chi connectivity index (χ1v) is 7.30. The summed E-state index contributed by atoms with van der Waals surface area (Å²) in [5.41, 5.74) is 1.44. The van der Waals surface area contributed by atoms with Gasteiger partial charge in [0.15, 0.2) is 5.84 Å². The van der Waals surface area contributed by atoms with Gasteiger partial charge in [0.2, 0.25) is 5.56 Å². The number of nitrogens with one attached hydrogen (secondary N) is 2. The second kappa shape index (κ2) is 6.01. The summed E-state index contributed by atoms with van der Waals surface area (Å²) in [7, 11) is 1.72. The standard InChI is InChI=1S/C16H18N4O2/c1-20(16(22)15-17-7-4-8-18-15)10-11-9-14(21)19-13-6-3-2-5-12(11)13/h2-3,5-6,9H,4,7-8,10H2,1H3,(H,17,18)(H,19,21). The summed E-state index contributed by atoms with van der Waals surface area (Å²) in [6.07, 6.45) is 0.944. The van der Waals surface area contributed by atoms with Crippen molar-refractivity contribution in [2.45, 2.75) is 13.0 Å². The largest absolute Gasteiger partial charge is 0.366 e. The van der Waals surface area contributed by atoms with Gasteiger partial charge in [0.05, 0.1) is 0 Å². The number of pyridine rings is 1. The fourth-order valence-electron chi connectivity index (χ4n) is 2.59. The van der Waals surface area contributed by atoms with E-state index < -0.39 is 0 Å². The van der Waals surface area contributed by atoms with Crippen LogP contribution in [0, 0.1) is 0 Å². The lowest BCUT2D eigenvalue weighted by Gasteiger charge is -2.21. The van der Waals surface area contributed by atoms with Gasteiger partial charge in [-0.1, -0.05) is 18.2 Å². The molecular weight excluding hydrogens is 280 g/mol. The Hall–Kier alpha value is -2.63. The van der Waals surface area contributed by atoms with E-state index in [1.54, 1.807) is 18.0 Å². The molecule has 0 saturated carbocycles. The lowest BCUT2D eigenvalue weighted by Crippen LogP contribution is -2.43. The topological polar surface area (TPSA) is 77.6 Å². The predicted molar refractivity (Wildman–Crippen MR) is 86.0 cm³/mol. The molecule has 1 aromatic heterocycles. The molecular formula is C16H18N4O2. The third-order valence-electron chi connectivity index (χ3n) is 3.69. The normalized spacial score (nSPS) is 14.3. The highest BCUT2D eigenvalue weighted by Gasteiger charge is 2.19. The molecule has 22 heavy (non-hydrogen) atoms. The van der Waals surface area contributed by atoms with Crippen molar-refractivity contribution in [1.29, 1.82) is 0 Å². The number of hydrogen-bond donors (Lipinski definition) is 2. The van der Waals surface area contributed by atoms with Gasteiger partial charge in [0.25, 0.3) is 5.91 Å². The minimum atomic E-state index is -0.164. The Morgan fingerprint density at radius 1 is 1.36 bits per heavy atom. The number of carbonyl (C=O) groups excluding carboxylic acids is 1. The molecule has 6 nitrogen and oxygen atoms in total. The van der Waals surface area contributed by atoms with E-state index in [0.29, 0.717) is 18.9 Å². The number of aromatic nitrogens is 1. The van der Waals surface area contributed by atoms with Gasteiger partial charge < -0.3 is 15.2 Å². The number of carbonyl (C=O) groups is 1. The summed E-state index contributed by atoms with van der Waals surface area (Å²) in [6, 6.07) is 9.13. The summed E-state index contributed by atoms with van der Waals surface area (Å²) >= 11 is 0. The van der Waals surface area contributed by atoms with Crippen LogP contribution in [0.3, 0.4) is 0 Å². The molecule has 1 aliphatic rings. The number of fused-ring (bicyclic) bond motifs is 1. The fraction of sp³-hybridized carbons (Fsp3) is 0.312. The van der Waals surface area contributed by atoms with Crippen molar-refractivity contribution in [2.24, 2.45) is 4.99 Å². The summed E-state index contributed by atoms with van der Waals surface area (Å²) in [4.78, 5) is 32.7. The number of para-hydroxylation sites is 1. The van der Waals surface area contributed by atoms with Crippen molar-refractivity contribution in [3.63, 3.8) is 0 Å². The van der Waals surface area contributed by atoms with Crippen LogP contribution in [0.4, 0.5) is 0 Å². The number of aromatic amines is 1. The number of likely N-dealkylation sites (N-methyl/N-ethyl adjacent to an activating group) is 1. The van der Waals surface area contributed by atoms with Crippen LogP contribution in [0.15, 0.2) is 40.1 Å². The van der Waals surface area contributed by atoms with Crippen molar-refractivity contribution in [1.82, 2.24) is 15.2 Å². The predicted octanol–water partition coefficient (Wildman–Crippen LogP) is 0.878. The van der Waals surface area contributed by atoms with E-state index in [4.69, 9.17) is 0 Å². The minimum absolute atomic E-state index is 0.149. The average Bonchev–Trinajstić information content (AvgIpc) is 2.54. The molecule has 0 spiro atoms. The third-order valence-corrected chi connectivity index (χ3v) is 3.69. The Morgan fingerprint density at radius 2 is 2.18 bits per heavy atom. The molecule has 1 amide bonds. The van der Waals surface area contributed by atoms with Crippen LogP contribution in [0.5, 0.6) is 0 Å². The number of amidine groups is 1. The number of hydrogen-bond acceptors (Lipinski definition) is 4. The van der Waals surface area contributed by atoms with Crippen molar-refractivity contribution in [2.75, 3.05) is 20.1 Å². The lowest BCUT2D eigenvalue weighted by atomic mass is 10.1. The molecule has 1 aromatic carbocycles. The highest BCUT2D eigenvalue weighted by Crippen LogP contribution is 2.16. The molecule has 0 unspecified atom stereocenters. The number of nitrogens with zero attached hydrogens (tertiary/aromatic N) is 2. The smallest absolute Gasteiger partial charge is 0.288 e. The molecule has 0 fully saturated rings. The van der Waals surface area contributed by atoms with Crippen LogP contribution in [-0.2, 0) is 11.3 Å². The van der Waals surface area contributed by atoms with Gasteiger partial charge in [0, 0.05) is 43.7 Å². The van der Waals surface area contributed by atoms with Crippen LogP contribution < -0.4 is 10.9 Å². The molecule has 2 aromatic rings. The first-order valence-electron chi connectivity index (χ1n) is 7.30. The van der Waals surface area contributed by atoms with E-state index in [9.17, 15) is 9.59 Å². The fourth-order valence-corrected chi connectivity index (χ4v) is 2.59. The van der Waals surface area contributed by atoms with E-state index in [1.165, 1.54) is 0 Å². The molecule has 2 heterocycles. The Morgan fingerprint density at radius 3 is 2.95 bits per heavy atom. The summed E-state index contributed by atoms with van der Waals surface area (Å²) in [5, 5.41) is 3.97. The Bertz CT molecular complexity index is 794. The summed E-state index contributed by atoms with van der Waals surface area (Å²) in [5.74, 6) is 0.256. The molecule has 0 bridgehead atoms. The van der Waals surface area contributed by atoms with Gasteiger partial charge in [-0.2, -0.15) is 0 Å². The summed E-state index contributed by atoms with van der Waals surface area (Å²) in [6.45, 7) is 1.81. The second-order valence-electron chi connectivity index (χ2n) is 5.38. The zero-order valence-electron chi connectivity index (χ0n) is 12.4. The third kappa shape index (κ3) is 2.86. The van der Waals surface area contributed by atoms with E-state index in [2.05, 4.69) is 15.3 Å². The molecule has 2 N–H and O–H groups in total. The zero-order valence-corrected chi connectivity index (χ0v) is 12.4. The first kappa shape index (κ1) is 14.3. The molecule has 1 aliphatic heterocycles. The molecule has 3 rings (SSSR count). The van der Waals surface area contributed by atoms with Crippen LogP contribution in [0.25, 0.3) is 10.9 Å². The van der Waals surface area contributed by atoms with Gasteiger partial charge in [0.1, 0.15) is 0 Å². The monoisotopic (exact) mass is 298 g/mol. The number of H-pyrrole nitrogens is 1. The van der Waals surface area contributed by atoms with Crippen molar-refractivity contribution in [3.05, 3.63) is 46.2 Å². The van der Waals surface area contributed by atoms with Gasteiger partial charge >= 0.3 is 0 Å². The molecule has 0 radical (unpaired) electrons. The Balaban J connectivity index is 1.88. The minimum Gasteiger partial charge on any atom is -0.366 e. The second-order valence-corrected chi connectivity index (χ2v) is 5.38. The number of amides is 1. The molecule has 0 aliphatic carbocycles. The van der Waals surface area contributed by atoms with Gasteiger partial charge in [-0.05, 0) is 18.1 Å². The molecule has 114 valence electrons. The maximum Gasteiger partial charge on any atom is 0.288 e. The van der Waals surface area contributed by atoms with Crippen molar-refractivity contribution < 1.29 is 4.79 Å². The zero-order chi connectivity index (χ0) is 15.5. The number of benzene rings is 1. The first-order chi connectivity index (χ1) is 10.6. The van der Waals surface area contributed by atoms with E-state index in [1.807, 2.05) is 24.3 Å². The quantitative estimate of drug-likeness (QED) is 0.883. The van der Waals surface area contributed by atoms with Gasteiger partial charge in [-0.15, -0.1) is 0 Å². The van der Waals surface area contributed by atoms with E-state index in [-0.39, 0.29) is 11.5 Å². The number of aliphatic imine (C=N–C) groups is 1. The average molecular weight is 298 g/mol. The Kier molecular flexibility index (Phi) is 3.91. The van der Waals surface area contributed by atoms with Crippen molar-refractivity contribution in [3.8, 4) is 0 Å². The van der Waals surface area contributed by atoms with Gasteiger partial charge in [-0.3, -0.25) is 14.6 Å². The molecule has 6 heteroatoms. The lowest BCUT2D eigenvalue weighted by molar-refractivity contribution is -0.123. The SMILES string of the molecule is CN(Cc1cc(=O)[nH]c2ccccc12)C(=O)C1=NCCCN1. The molecule has 0 saturated heterocycles. The maximum absolute atomic E-state index is 12.4. The molecule has 0 atom stereocenters. The van der Waals surface area contributed by atoms with Crippen LogP contribution >= 0.6 is 0 Å². The van der Waals surface area contributed by atoms with Crippen LogP contribution in [-0.4, -0.2) is 41.8 Å². The van der Waals surface area contributed by atoms with Crippen LogP contribution in [0.1, 0.15) is 12.0 Å². The van der Waals surface area contributed by atoms with Gasteiger partial charge in [-0.25, -0.2) is 0 Å². The highest BCUT2D eigenvalue weighted by molar-refractivity contribution is 6.37. The Labute approximate surface area is 127 Å². The number of rotatable bonds is 3. The summed E-state index contributed by atoms with van der Waals surface area (Å²) < 4.78 is 0. The van der Waals surface area contributed by atoms with Crippen molar-refractivity contribution >= 4 is 22.6 Å². The highest BCUT2D eigenvalue weighted by atomic mass is 16.2. The maximum atomic E-state index is 12.4. The van der Waals surface area contributed by atoms with E-state index >= 15 is 0 Å². The van der Waals surface area contributed by atoms with E-state index in [0.717, 1.165) is 29.4 Å². The van der Waals surface area contributed by atoms with Crippen LogP contribution in [0.2, 0.25) is 0 Å².